The molecule has 9 nitrogen and oxygen atoms in total. The molecule has 0 unspecified atom stereocenters. The molecule has 3 N–H and O–H groups in total. The van der Waals surface area contributed by atoms with Crippen LogP contribution in [-0.4, -0.2) is 25.6 Å². The van der Waals surface area contributed by atoms with Crippen LogP contribution in [-0.2, 0) is 11.3 Å². The zero-order valence-corrected chi connectivity index (χ0v) is 12.2. The Morgan fingerprint density at radius 1 is 1.45 bits per heavy atom. The van der Waals surface area contributed by atoms with Crippen molar-refractivity contribution >= 4 is 23.1 Å². The lowest BCUT2D eigenvalue weighted by Crippen LogP contribution is -2.15. The van der Waals surface area contributed by atoms with E-state index in [4.69, 9.17) is 5.73 Å². The lowest BCUT2D eigenvalue weighted by Gasteiger charge is -2.06. The van der Waals surface area contributed by atoms with Crippen LogP contribution < -0.4 is 11.1 Å². The van der Waals surface area contributed by atoms with Crippen LogP contribution in [0, 0.1) is 24.0 Å². The fraction of sp³-hybridized carbons (Fsp3) is 0.308. The van der Waals surface area contributed by atoms with Crippen molar-refractivity contribution in [3.05, 3.63) is 39.8 Å². The Morgan fingerprint density at radius 2 is 2.18 bits per heavy atom. The number of nitrogens with zero attached hydrogens (tertiary/aromatic N) is 4. The highest BCUT2D eigenvalue weighted by Gasteiger charge is 2.21. The van der Waals surface area contributed by atoms with E-state index in [9.17, 15) is 14.9 Å². The molecule has 9 heteroatoms. The number of rotatable bonds is 5. The summed E-state index contributed by atoms with van der Waals surface area (Å²) in [6.07, 6.45) is 1.60. The first-order valence-corrected chi connectivity index (χ1v) is 6.58. The molecule has 0 bridgehead atoms. The van der Waals surface area contributed by atoms with E-state index in [1.54, 1.807) is 26.0 Å². The second kappa shape index (κ2) is 6.20. The van der Waals surface area contributed by atoms with Crippen molar-refractivity contribution in [3.8, 4) is 0 Å². The number of amides is 1. The van der Waals surface area contributed by atoms with Gasteiger partial charge < -0.3 is 11.1 Å². The summed E-state index contributed by atoms with van der Waals surface area (Å²) in [5, 5.41) is 17.7. The molecule has 22 heavy (non-hydrogen) atoms. The highest BCUT2D eigenvalue weighted by Crippen LogP contribution is 2.21. The Balaban J connectivity index is 1.98. The molecular formula is C13H16N6O3. The van der Waals surface area contributed by atoms with Crippen molar-refractivity contribution in [1.29, 1.82) is 0 Å². The van der Waals surface area contributed by atoms with Gasteiger partial charge in [0.05, 0.1) is 23.4 Å². The molecule has 0 fully saturated rings. The number of hydrogen-bond acceptors (Lipinski definition) is 6. The first-order valence-electron chi connectivity index (χ1n) is 6.58. The number of carbonyl (C=O) groups is 1. The van der Waals surface area contributed by atoms with E-state index in [1.807, 2.05) is 0 Å². The maximum Gasteiger partial charge on any atom is 0.312 e. The summed E-state index contributed by atoms with van der Waals surface area (Å²) in [5.41, 5.74) is 6.76. The zero-order valence-electron chi connectivity index (χ0n) is 12.2. The van der Waals surface area contributed by atoms with Gasteiger partial charge in [0, 0.05) is 6.42 Å². The number of pyridine rings is 1. The van der Waals surface area contributed by atoms with Crippen molar-refractivity contribution in [1.82, 2.24) is 14.8 Å². The summed E-state index contributed by atoms with van der Waals surface area (Å²) in [4.78, 5) is 26.2. The number of aryl methyl sites for hydroxylation is 2. The Labute approximate surface area is 126 Å². The van der Waals surface area contributed by atoms with Crippen molar-refractivity contribution in [3.63, 3.8) is 0 Å². The maximum atomic E-state index is 11.9. The fourth-order valence-corrected chi connectivity index (χ4v) is 2.08. The number of hydrogen-bond donors (Lipinski definition) is 2. The molecule has 2 aromatic heterocycles. The van der Waals surface area contributed by atoms with E-state index < -0.39 is 4.92 Å². The number of nitrogen functional groups attached to an aromatic ring is 1. The molecule has 0 saturated carbocycles. The highest BCUT2D eigenvalue weighted by atomic mass is 16.6. The molecular weight excluding hydrogens is 288 g/mol. The minimum absolute atomic E-state index is 0.0110. The van der Waals surface area contributed by atoms with E-state index >= 15 is 0 Å². The van der Waals surface area contributed by atoms with Gasteiger partial charge in [0.2, 0.25) is 5.91 Å². The van der Waals surface area contributed by atoms with Crippen LogP contribution in [0.3, 0.4) is 0 Å². The number of anilines is 2. The van der Waals surface area contributed by atoms with Gasteiger partial charge in [-0.25, -0.2) is 4.98 Å². The third-order valence-electron chi connectivity index (χ3n) is 3.15. The maximum absolute atomic E-state index is 11.9. The van der Waals surface area contributed by atoms with Crippen molar-refractivity contribution < 1.29 is 9.72 Å². The second-order valence-corrected chi connectivity index (χ2v) is 4.77. The van der Waals surface area contributed by atoms with Gasteiger partial charge in [0.1, 0.15) is 17.2 Å². The number of aromatic nitrogens is 3. The molecule has 2 aromatic rings. The number of nitrogens with two attached hydrogens (primary N) is 1. The monoisotopic (exact) mass is 304 g/mol. The Morgan fingerprint density at radius 3 is 2.73 bits per heavy atom. The van der Waals surface area contributed by atoms with Gasteiger partial charge in [-0.3, -0.25) is 19.6 Å². The van der Waals surface area contributed by atoms with E-state index in [0.29, 0.717) is 22.9 Å². The van der Waals surface area contributed by atoms with E-state index in [1.165, 1.54) is 10.9 Å². The molecule has 0 aromatic carbocycles. The Kier molecular flexibility index (Phi) is 4.35. The SMILES string of the molecule is Cc1nn(CCC(=O)Nc2ccc(N)nc2)c(C)c1[N+](=O)[O-]. The van der Waals surface area contributed by atoms with Gasteiger partial charge in [0.25, 0.3) is 0 Å². The third-order valence-corrected chi connectivity index (χ3v) is 3.15. The molecule has 0 atom stereocenters. The number of carbonyl (C=O) groups excluding carboxylic acids is 1. The molecule has 0 saturated heterocycles. The van der Waals surface area contributed by atoms with Gasteiger partial charge in [0.15, 0.2) is 0 Å². The molecule has 0 aliphatic rings. The molecule has 1 amide bonds. The van der Waals surface area contributed by atoms with Gasteiger partial charge >= 0.3 is 5.69 Å². The van der Waals surface area contributed by atoms with Crippen LogP contribution in [0.2, 0.25) is 0 Å². The van der Waals surface area contributed by atoms with Crippen LogP contribution in [0.15, 0.2) is 18.3 Å². The largest absolute Gasteiger partial charge is 0.384 e. The topological polar surface area (TPSA) is 129 Å². The molecule has 0 aliphatic carbocycles. The standard InChI is InChI=1S/C13H16N6O3/c1-8-13(19(21)22)9(2)18(17-8)6-5-12(20)16-10-3-4-11(14)15-7-10/h3-4,7H,5-6H2,1-2H3,(H2,14,15)(H,16,20). The molecule has 116 valence electrons. The molecule has 2 heterocycles. The lowest BCUT2D eigenvalue weighted by molar-refractivity contribution is -0.386. The van der Waals surface area contributed by atoms with Gasteiger partial charge in [-0.1, -0.05) is 0 Å². The summed E-state index contributed by atoms with van der Waals surface area (Å²) in [5.74, 6) is 0.134. The van der Waals surface area contributed by atoms with Crippen LogP contribution in [0.1, 0.15) is 17.8 Å². The summed E-state index contributed by atoms with van der Waals surface area (Å²) < 4.78 is 1.47. The van der Waals surface area contributed by atoms with Crippen LogP contribution >= 0.6 is 0 Å². The minimum Gasteiger partial charge on any atom is -0.384 e. The van der Waals surface area contributed by atoms with Crippen molar-refractivity contribution in [2.45, 2.75) is 26.8 Å². The van der Waals surface area contributed by atoms with Crippen molar-refractivity contribution in [2.75, 3.05) is 11.1 Å². The zero-order chi connectivity index (χ0) is 16.3. The average Bonchev–Trinajstić information content (AvgIpc) is 2.73. The van der Waals surface area contributed by atoms with Gasteiger partial charge in [-0.2, -0.15) is 5.10 Å². The lowest BCUT2D eigenvalue weighted by atomic mass is 10.3. The highest BCUT2D eigenvalue weighted by molar-refractivity contribution is 5.90. The first-order chi connectivity index (χ1) is 10.4. The fourth-order valence-electron chi connectivity index (χ4n) is 2.08. The van der Waals surface area contributed by atoms with Gasteiger partial charge in [-0.15, -0.1) is 0 Å². The Bertz CT molecular complexity index is 707. The molecule has 0 aliphatic heterocycles. The summed E-state index contributed by atoms with van der Waals surface area (Å²) in [7, 11) is 0. The van der Waals surface area contributed by atoms with Crippen molar-refractivity contribution in [2.24, 2.45) is 0 Å². The van der Waals surface area contributed by atoms with E-state index in [0.717, 1.165) is 0 Å². The van der Waals surface area contributed by atoms with Crippen LogP contribution in [0.5, 0.6) is 0 Å². The van der Waals surface area contributed by atoms with Crippen LogP contribution in [0.25, 0.3) is 0 Å². The summed E-state index contributed by atoms with van der Waals surface area (Å²) in [6, 6.07) is 3.23. The minimum atomic E-state index is -0.464. The first kappa shape index (κ1) is 15.4. The summed E-state index contributed by atoms with van der Waals surface area (Å²) in [6.45, 7) is 3.44. The predicted molar refractivity (Wildman–Crippen MR) is 80.3 cm³/mol. The third kappa shape index (κ3) is 3.37. The molecule has 2 rings (SSSR count). The number of nitrogens with one attached hydrogen (secondary N) is 1. The van der Waals surface area contributed by atoms with E-state index in [-0.39, 0.29) is 24.6 Å². The quantitative estimate of drug-likeness (QED) is 0.634. The predicted octanol–water partition coefficient (Wildman–Crippen LogP) is 1.41. The smallest absolute Gasteiger partial charge is 0.312 e. The molecule has 0 spiro atoms. The second-order valence-electron chi connectivity index (χ2n) is 4.77. The van der Waals surface area contributed by atoms with Gasteiger partial charge in [-0.05, 0) is 26.0 Å². The molecule has 0 radical (unpaired) electrons. The normalized spacial score (nSPS) is 10.5. The average molecular weight is 304 g/mol. The van der Waals surface area contributed by atoms with E-state index in [2.05, 4.69) is 15.4 Å². The Hall–Kier alpha value is -2.97. The number of nitro groups is 1. The summed E-state index contributed by atoms with van der Waals surface area (Å²) >= 11 is 0. The van der Waals surface area contributed by atoms with Crippen LogP contribution in [0.4, 0.5) is 17.2 Å².